The monoisotopic (exact) mass is 274 g/mol. The van der Waals surface area contributed by atoms with Gasteiger partial charge in [-0.25, -0.2) is 0 Å². The van der Waals surface area contributed by atoms with Crippen molar-refractivity contribution >= 4 is 0 Å². The van der Waals surface area contributed by atoms with Crippen LogP contribution in [0.15, 0.2) is 0 Å². The lowest BCUT2D eigenvalue weighted by molar-refractivity contribution is 0.00477. The van der Waals surface area contributed by atoms with Crippen LogP contribution in [-0.2, 0) is 9.47 Å². The molecule has 1 saturated heterocycles. The molecule has 1 heterocycles. The number of piperidine rings is 1. The molecule has 5 nitrogen and oxygen atoms in total. The van der Waals surface area contributed by atoms with Crippen molar-refractivity contribution in [3.8, 4) is 0 Å². The molecule has 1 aliphatic heterocycles. The summed E-state index contributed by atoms with van der Waals surface area (Å²) in [4.78, 5) is 2.38. The predicted molar refractivity (Wildman–Crippen MR) is 76.4 cm³/mol. The van der Waals surface area contributed by atoms with Gasteiger partial charge in [-0.05, 0) is 40.3 Å². The van der Waals surface area contributed by atoms with E-state index in [2.05, 4.69) is 24.2 Å². The Bertz CT molecular complexity index is 229. The van der Waals surface area contributed by atoms with Gasteiger partial charge in [0.05, 0.1) is 25.9 Å². The number of nitrogens with one attached hydrogen (secondary N) is 1. The molecule has 3 unspecified atom stereocenters. The minimum absolute atomic E-state index is 0.377. The third-order valence-corrected chi connectivity index (χ3v) is 3.74. The van der Waals surface area contributed by atoms with Crippen LogP contribution in [0.3, 0.4) is 0 Å². The summed E-state index contributed by atoms with van der Waals surface area (Å²) in [6.45, 7) is 8.18. The van der Waals surface area contributed by atoms with Crippen LogP contribution in [0.1, 0.15) is 26.7 Å². The Morgan fingerprint density at radius 2 is 2.11 bits per heavy atom. The zero-order chi connectivity index (χ0) is 14.1. The molecular formula is C14H30N2O3. The van der Waals surface area contributed by atoms with Crippen LogP contribution in [0.4, 0.5) is 0 Å². The maximum Gasteiger partial charge on any atom is 0.0897 e. The summed E-state index contributed by atoms with van der Waals surface area (Å²) in [5.41, 5.74) is 0. The maximum atomic E-state index is 9.82. The highest BCUT2D eigenvalue weighted by Gasteiger charge is 2.22. The van der Waals surface area contributed by atoms with Gasteiger partial charge in [-0.2, -0.15) is 0 Å². The molecule has 114 valence electrons. The van der Waals surface area contributed by atoms with Crippen molar-refractivity contribution in [1.29, 1.82) is 0 Å². The Hall–Kier alpha value is -0.200. The normalized spacial score (nSPS) is 26.5. The Balaban J connectivity index is 2.02. The van der Waals surface area contributed by atoms with E-state index in [4.69, 9.17) is 9.47 Å². The molecule has 19 heavy (non-hydrogen) atoms. The zero-order valence-electron chi connectivity index (χ0n) is 12.6. The van der Waals surface area contributed by atoms with Gasteiger partial charge in [0, 0.05) is 25.2 Å². The highest BCUT2D eigenvalue weighted by molar-refractivity contribution is 4.81. The number of hydrogen-bond acceptors (Lipinski definition) is 5. The van der Waals surface area contributed by atoms with Crippen LogP contribution < -0.4 is 5.32 Å². The molecule has 0 spiro atoms. The molecule has 1 rings (SSSR count). The lowest BCUT2D eigenvalue weighted by Crippen LogP contribution is -2.47. The molecule has 5 heteroatoms. The number of likely N-dealkylation sites (tertiary alicyclic amines) is 1. The fraction of sp³-hybridized carbons (Fsp3) is 1.00. The summed E-state index contributed by atoms with van der Waals surface area (Å²) in [7, 11) is 2.17. The first-order valence-electron chi connectivity index (χ1n) is 7.40. The number of ether oxygens (including phenoxy) is 2. The van der Waals surface area contributed by atoms with Crippen LogP contribution in [0, 0.1) is 0 Å². The van der Waals surface area contributed by atoms with Crippen LogP contribution in [0.5, 0.6) is 0 Å². The molecule has 0 amide bonds. The first-order chi connectivity index (χ1) is 9.13. The topological polar surface area (TPSA) is 54.0 Å². The molecule has 0 radical (unpaired) electrons. The maximum absolute atomic E-state index is 9.82. The van der Waals surface area contributed by atoms with Gasteiger partial charge >= 0.3 is 0 Å². The van der Waals surface area contributed by atoms with E-state index in [0.29, 0.717) is 45.1 Å². The Morgan fingerprint density at radius 1 is 1.37 bits per heavy atom. The van der Waals surface area contributed by atoms with Gasteiger partial charge in [-0.3, -0.25) is 0 Å². The van der Waals surface area contributed by atoms with E-state index in [0.717, 1.165) is 19.4 Å². The predicted octanol–water partition coefficient (Wildman–Crippen LogP) is 0.473. The molecular weight excluding hydrogens is 244 g/mol. The first-order valence-corrected chi connectivity index (χ1v) is 7.40. The highest BCUT2D eigenvalue weighted by atomic mass is 16.5. The summed E-state index contributed by atoms with van der Waals surface area (Å²) >= 11 is 0. The van der Waals surface area contributed by atoms with Gasteiger partial charge in [0.2, 0.25) is 0 Å². The van der Waals surface area contributed by atoms with Crippen molar-refractivity contribution < 1.29 is 14.6 Å². The highest BCUT2D eigenvalue weighted by Crippen LogP contribution is 2.14. The van der Waals surface area contributed by atoms with E-state index in [1.165, 1.54) is 0 Å². The van der Waals surface area contributed by atoms with Crippen LogP contribution in [0.2, 0.25) is 0 Å². The summed E-state index contributed by atoms with van der Waals surface area (Å²) in [5.74, 6) is 0. The lowest BCUT2D eigenvalue weighted by Gasteiger charge is -2.35. The summed E-state index contributed by atoms with van der Waals surface area (Å²) in [6.07, 6.45) is 1.87. The molecule has 0 bridgehead atoms. The van der Waals surface area contributed by atoms with Crippen molar-refractivity contribution in [1.82, 2.24) is 10.2 Å². The quantitative estimate of drug-likeness (QED) is 0.599. The van der Waals surface area contributed by atoms with Gasteiger partial charge in [0.1, 0.15) is 0 Å². The van der Waals surface area contributed by atoms with E-state index in [1.54, 1.807) is 0 Å². The number of rotatable bonds is 9. The largest absolute Gasteiger partial charge is 0.389 e. The smallest absolute Gasteiger partial charge is 0.0897 e. The van der Waals surface area contributed by atoms with Crippen LogP contribution >= 0.6 is 0 Å². The number of aliphatic hydroxyl groups is 1. The molecule has 1 aliphatic rings. The fourth-order valence-electron chi connectivity index (χ4n) is 2.32. The van der Waals surface area contributed by atoms with Gasteiger partial charge in [0.15, 0.2) is 0 Å². The molecule has 2 N–H and O–H groups in total. The molecule has 0 saturated carbocycles. The second-order valence-electron chi connectivity index (χ2n) is 5.38. The lowest BCUT2D eigenvalue weighted by atomic mass is 9.99. The van der Waals surface area contributed by atoms with E-state index in [1.807, 2.05) is 6.92 Å². The molecule has 3 atom stereocenters. The SMILES string of the molecule is CCOCCOCC(O)CNC1CCN(C)C(C)C1. The average Bonchev–Trinajstić information content (AvgIpc) is 2.40. The van der Waals surface area contributed by atoms with E-state index in [9.17, 15) is 5.11 Å². The summed E-state index contributed by atoms with van der Waals surface area (Å²) in [5, 5.41) is 13.3. The molecule has 0 aromatic carbocycles. The minimum atomic E-state index is -0.434. The van der Waals surface area contributed by atoms with Gasteiger partial charge < -0.3 is 24.8 Å². The molecule has 0 aliphatic carbocycles. The standard InChI is InChI=1S/C14H30N2O3/c1-4-18-7-8-19-11-14(17)10-15-13-5-6-16(3)12(2)9-13/h12-15,17H,4-11H2,1-3H3. The van der Waals surface area contributed by atoms with E-state index in [-0.39, 0.29) is 0 Å². The Kier molecular flexibility index (Phi) is 8.57. The zero-order valence-corrected chi connectivity index (χ0v) is 12.6. The average molecular weight is 274 g/mol. The Morgan fingerprint density at radius 3 is 2.79 bits per heavy atom. The van der Waals surface area contributed by atoms with Crippen LogP contribution in [-0.4, -0.2) is 74.8 Å². The Labute approximate surface area is 117 Å². The summed E-state index contributed by atoms with van der Waals surface area (Å²) < 4.78 is 10.5. The summed E-state index contributed by atoms with van der Waals surface area (Å²) in [6, 6.07) is 1.13. The third-order valence-electron chi connectivity index (χ3n) is 3.74. The van der Waals surface area contributed by atoms with Gasteiger partial charge in [-0.1, -0.05) is 0 Å². The number of nitrogens with zero attached hydrogens (tertiary/aromatic N) is 1. The molecule has 0 aromatic rings. The molecule has 1 fully saturated rings. The van der Waals surface area contributed by atoms with E-state index < -0.39 is 6.10 Å². The van der Waals surface area contributed by atoms with Crippen molar-refractivity contribution in [2.75, 3.05) is 46.6 Å². The van der Waals surface area contributed by atoms with E-state index >= 15 is 0 Å². The van der Waals surface area contributed by atoms with Gasteiger partial charge in [0.25, 0.3) is 0 Å². The second-order valence-corrected chi connectivity index (χ2v) is 5.38. The van der Waals surface area contributed by atoms with Crippen molar-refractivity contribution in [3.63, 3.8) is 0 Å². The fourth-order valence-corrected chi connectivity index (χ4v) is 2.32. The number of hydrogen-bond donors (Lipinski definition) is 2. The van der Waals surface area contributed by atoms with Crippen molar-refractivity contribution in [3.05, 3.63) is 0 Å². The minimum Gasteiger partial charge on any atom is -0.389 e. The second kappa shape index (κ2) is 9.66. The van der Waals surface area contributed by atoms with Crippen LogP contribution in [0.25, 0.3) is 0 Å². The van der Waals surface area contributed by atoms with Crippen molar-refractivity contribution in [2.45, 2.75) is 44.9 Å². The van der Waals surface area contributed by atoms with Crippen molar-refractivity contribution in [2.24, 2.45) is 0 Å². The third kappa shape index (κ3) is 7.22. The van der Waals surface area contributed by atoms with Gasteiger partial charge in [-0.15, -0.1) is 0 Å². The first kappa shape index (κ1) is 16.9. The molecule has 0 aromatic heterocycles. The number of aliphatic hydroxyl groups excluding tert-OH is 1.